The fourth-order valence-corrected chi connectivity index (χ4v) is 3.35. The third kappa shape index (κ3) is 3.05. The number of para-hydroxylation sites is 1. The number of carbonyl (C=O) groups is 1. The first-order chi connectivity index (χ1) is 12.5. The van der Waals surface area contributed by atoms with Gasteiger partial charge in [0.1, 0.15) is 11.5 Å². The van der Waals surface area contributed by atoms with Crippen LogP contribution in [0.25, 0.3) is 5.69 Å². The Hall–Kier alpha value is -2.82. The molecule has 0 aliphatic heterocycles. The standard InChI is InChI=1S/C21H23N3O2/c1-14-6-4-5-7-19(14)24-20(16-9-10-16)18(12-22-24)21(25)23(3)13-17-11-8-15(2)26-17/h4-8,11-12,16H,9-10,13H2,1-3H3. The minimum absolute atomic E-state index is 0.0132. The molecule has 0 saturated heterocycles. The number of nitrogens with zero attached hydrogens (tertiary/aromatic N) is 3. The van der Waals surface area contributed by atoms with Gasteiger partial charge in [0.05, 0.1) is 29.7 Å². The molecule has 4 rings (SSSR count). The van der Waals surface area contributed by atoms with Gasteiger partial charge in [-0.05, 0) is 50.5 Å². The van der Waals surface area contributed by atoms with E-state index in [1.54, 1.807) is 11.1 Å². The smallest absolute Gasteiger partial charge is 0.257 e. The van der Waals surface area contributed by atoms with Crippen molar-refractivity contribution in [3.05, 3.63) is 70.9 Å². The molecule has 0 unspecified atom stereocenters. The normalized spacial score (nSPS) is 13.8. The first kappa shape index (κ1) is 16.6. The van der Waals surface area contributed by atoms with E-state index in [-0.39, 0.29) is 5.91 Å². The molecule has 0 bridgehead atoms. The Kier molecular flexibility index (Phi) is 4.15. The minimum atomic E-state index is -0.0132. The number of hydrogen-bond acceptors (Lipinski definition) is 3. The number of rotatable bonds is 5. The summed E-state index contributed by atoms with van der Waals surface area (Å²) in [5.74, 6) is 2.04. The molecular weight excluding hydrogens is 326 g/mol. The predicted molar refractivity (Wildman–Crippen MR) is 99.5 cm³/mol. The average Bonchev–Trinajstić information content (AvgIpc) is 3.24. The molecule has 1 aliphatic rings. The zero-order valence-corrected chi connectivity index (χ0v) is 15.4. The maximum atomic E-state index is 13.1. The summed E-state index contributed by atoms with van der Waals surface area (Å²) in [7, 11) is 1.81. The van der Waals surface area contributed by atoms with Crippen LogP contribution in [0.2, 0.25) is 0 Å². The van der Waals surface area contributed by atoms with Crippen molar-refractivity contribution in [1.29, 1.82) is 0 Å². The van der Waals surface area contributed by atoms with E-state index in [9.17, 15) is 4.79 Å². The number of amides is 1. The number of hydrogen-bond donors (Lipinski definition) is 0. The summed E-state index contributed by atoms with van der Waals surface area (Å²) in [6, 6.07) is 12.0. The van der Waals surface area contributed by atoms with Crippen molar-refractivity contribution in [2.75, 3.05) is 7.05 Å². The molecule has 5 nitrogen and oxygen atoms in total. The van der Waals surface area contributed by atoms with Crippen molar-refractivity contribution in [2.24, 2.45) is 0 Å². The molecule has 0 N–H and O–H groups in total. The highest BCUT2D eigenvalue weighted by Gasteiger charge is 2.34. The second-order valence-corrected chi connectivity index (χ2v) is 7.09. The number of furan rings is 1. The zero-order valence-electron chi connectivity index (χ0n) is 15.4. The van der Waals surface area contributed by atoms with Crippen LogP contribution in [0.1, 0.15) is 51.9 Å². The van der Waals surface area contributed by atoms with Gasteiger partial charge in [0, 0.05) is 13.0 Å². The zero-order chi connectivity index (χ0) is 18.3. The van der Waals surface area contributed by atoms with Crippen LogP contribution >= 0.6 is 0 Å². The summed E-state index contributed by atoms with van der Waals surface area (Å²) in [5, 5.41) is 4.57. The second kappa shape index (κ2) is 6.48. The van der Waals surface area contributed by atoms with Crippen LogP contribution in [-0.2, 0) is 6.54 Å². The highest BCUT2D eigenvalue weighted by atomic mass is 16.3. The molecule has 0 radical (unpaired) electrons. The Morgan fingerprint density at radius 2 is 2.00 bits per heavy atom. The first-order valence-corrected chi connectivity index (χ1v) is 8.99. The average molecular weight is 349 g/mol. The van der Waals surface area contributed by atoms with Gasteiger partial charge in [-0.15, -0.1) is 0 Å². The molecule has 3 aromatic rings. The van der Waals surface area contributed by atoms with E-state index in [0.717, 1.165) is 41.3 Å². The van der Waals surface area contributed by atoms with Gasteiger partial charge in [0.2, 0.25) is 0 Å². The van der Waals surface area contributed by atoms with Gasteiger partial charge in [-0.3, -0.25) is 4.79 Å². The molecule has 1 saturated carbocycles. The summed E-state index contributed by atoms with van der Waals surface area (Å²) in [6.45, 7) is 4.43. The topological polar surface area (TPSA) is 51.3 Å². The van der Waals surface area contributed by atoms with Gasteiger partial charge in [0.25, 0.3) is 5.91 Å². The molecule has 1 aromatic carbocycles. The Bertz CT molecular complexity index is 950. The van der Waals surface area contributed by atoms with Crippen LogP contribution in [0.5, 0.6) is 0 Å². The van der Waals surface area contributed by atoms with Gasteiger partial charge < -0.3 is 9.32 Å². The summed E-state index contributed by atoms with van der Waals surface area (Å²) < 4.78 is 7.56. The summed E-state index contributed by atoms with van der Waals surface area (Å²) >= 11 is 0. The van der Waals surface area contributed by atoms with Gasteiger partial charge in [-0.2, -0.15) is 5.10 Å². The second-order valence-electron chi connectivity index (χ2n) is 7.09. The lowest BCUT2D eigenvalue weighted by Crippen LogP contribution is -2.26. The van der Waals surface area contributed by atoms with E-state index in [1.165, 1.54) is 0 Å². The number of carbonyl (C=O) groups excluding carboxylic acids is 1. The van der Waals surface area contributed by atoms with Crippen LogP contribution in [0, 0.1) is 13.8 Å². The molecule has 0 spiro atoms. The SMILES string of the molecule is Cc1ccc(CN(C)C(=O)c2cnn(-c3ccccc3C)c2C2CC2)o1. The van der Waals surface area contributed by atoms with Crippen LogP contribution in [0.4, 0.5) is 0 Å². The van der Waals surface area contributed by atoms with Gasteiger partial charge in [0.15, 0.2) is 0 Å². The lowest BCUT2D eigenvalue weighted by atomic mass is 10.1. The van der Waals surface area contributed by atoms with Crippen LogP contribution in [0.3, 0.4) is 0 Å². The van der Waals surface area contributed by atoms with Crippen molar-refractivity contribution < 1.29 is 9.21 Å². The number of aryl methyl sites for hydroxylation is 2. The molecule has 2 heterocycles. The first-order valence-electron chi connectivity index (χ1n) is 8.99. The maximum Gasteiger partial charge on any atom is 0.257 e. The van der Waals surface area contributed by atoms with E-state index in [1.807, 2.05) is 42.9 Å². The Labute approximate surface area is 153 Å². The number of aromatic nitrogens is 2. The Morgan fingerprint density at radius 1 is 1.23 bits per heavy atom. The van der Waals surface area contributed by atoms with Crippen LogP contribution in [-0.4, -0.2) is 27.6 Å². The molecule has 134 valence electrons. The lowest BCUT2D eigenvalue weighted by molar-refractivity contribution is 0.0773. The molecule has 26 heavy (non-hydrogen) atoms. The van der Waals surface area contributed by atoms with Crippen molar-refractivity contribution in [2.45, 2.75) is 39.2 Å². The monoisotopic (exact) mass is 349 g/mol. The van der Waals surface area contributed by atoms with E-state index in [0.29, 0.717) is 18.0 Å². The third-order valence-corrected chi connectivity index (χ3v) is 4.88. The summed E-state index contributed by atoms with van der Waals surface area (Å²) in [6.07, 6.45) is 3.93. The minimum Gasteiger partial charge on any atom is -0.464 e. The van der Waals surface area contributed by atoms with Crippen molar-refractivity contribution in [3.63, 3.8) is 0 Å². The van der Waals surface area contributed by atoms with Crippen molar-refractivity contribution >= 4 is 5.91 Å². The molecule has 1 amide bonds. The Balaban J connectivity index is 1.66. The molecule has 2 aromatic heterocycles. The van der Waals surface area contributed by atoms with Gasteiger partial charge in [-0.1, -0.05) is 18.2 Å². The Morgan fingerprint density at radius 3 is 2.65 bits per heavy atom. The van der Waals surface area contributed by atoms with Crippen LogP contribution in [0.15, 0.2) is 47.0 Å². The molecule has 5 heteroatoms. The maximum absolute atomic E-state index is 13.1. The van der Waals surface area contributed by atoms with E-state index >= 15 is 0 Å². The van der Waals surface area contributed by atoms with Gasteiger partial charge >= 0.3 is 0 Å². The third-order valence-electron chi connectivity index (χ3n) is 4.88. The fraction of sp³-hybridized carbons (Fsp3) is 0.333. The predicted octanol–water partition coefficient (Wildman–Crippen LogP) is 4.23. The van der Waals surface area contributed by atoms with Crippen LogP contribution < -0.4 is 0 Å². The fourth-order valence-electron chi connectivity index (χ4n) is 3.35. The van der Waals surface area contributed by atoms with Gasteiger partial charge in [-0.25, -0.2) is 4.68 Å². The quantitative estimate of drug-likeness (QED) is 0.692. The lowest BCUT2D eigenvalue weighted by Gasteiger charge is -2.17. The van der Waals surface area contributed by atoms with Crippen molar-refractivity contribution in [3.8, 4) is 5.69 Å². The molecule has 1 aliphatic carbocycles. The van der Waals surface area contributed by atoms with E-state index in [4.69, 9.17) is 4.42 Å². The highest BCUT2D eigenvalue weighted by molar-refractivity contribution is 5.95. The molecule has 1 fully saturated rings. The summed E-state index contributed by atoms with van der Waals surface area (Å²) in [5.41, 5.74) is 3.92. The van der Waals surface area contributed by atoms with Crippen molar-refractivity contribution in [1.82, 2.24) is 14.7 Å². The molecular formula is C21H23N3O2. The van der Waals surface area contributed by atoms with E-state index in [2.05, 4.69) is 24.2 Å². The number of benzene rings is 1. The summed E-state index contributed by atoms with van der Waals surface area (Å²) in [4.78, 5) is 14.8. The molecule has 0 atom stereocenters. The largest absolute Gasteiger partial charge is 0.464 e. The van der Waals surface area contributed by atoms with E-state index < -0.39 is 0 Å². The highest BCUT2D eigenvalue weighted by Crippen LogP contribution is 2.43.